The Kier molecular flexibility index (Phi) is 4.61. The van der Waals surface area contributed by atoms with Crippen molar-refractivity contribution in [3.05, 3.63) is 29.8 Å². The van der Waals surface area contributed by atoms with Crippen LogP contribution in [0.4, 0.5) is 0 Å². The Labute approximate surface area is 83.5 Å². The molecule has 0 radical (unpaired) electrons. The molecule has 0 saturated carbocycles. The lowest BCUT2D eigenvalue weighted by atomic mass is 10.1. The van der Waals surface area contributed by atoms with Gasteiger partial charge in [0.05, 0.1) is 0 Å². The molecule has 70 valence electrons. The fraction of sp³-hybridized carbons (Fsp3) is 0.364. The number of carbonyl (C=O) groups excluding carboxylic acids is 1. The molecule has 0 fully saturated rings. The summed E-state index contributed by atoms with van der Waals surface area (Å²) in [6, 6.07) is 8.52. The van der Waals surface area contributed by atoms with E-state index in [-0.39, 0.29) is 0 Å². The van der Waals surface area contributed by atoms with Crippen molar-refractivity contribution in [2.75, 3.05) is 6.26 Å². The molecule has 0 bridgehead atoms. The van der Waals surface area contributed by atoms with Crippen molar-refractivity contribution in [2.24, 2.45) is 0 Å². The number of aldehydes is 1. The molecule has 0 atom stereocenters. The summed E-state index contributed by atoms with van der Waals surface area (Å²) in [6.07, 6.45) is 5.69. The zero-order chi connectivity index (χ0) is 9.52. The van der Waals surface area contributed by atoms with E-state index in [9.17, 15) is 4.79 Å². The molecule has 0 aromatic heterocycles. The molecule has 0 unspecified atom stereocenters. The molecule has 1 aromatic rings. The number of thioether (sulfide) groups is 1. The van der Waals surface area contributed by atoms with Crippen molar-refractivity contribution >= 4 is 18.0 Å². The van der Waals surface area contributed by atoms with E-state index < -0.39 is 0 Å². The van der Waals surface area contributed by atoms with Crippen molar-refractivity contribution in [2.45, 2.75) is 24.2 Å². The van der Waals surface area contributed by atoms with Crippen LogP contribution in [-0.2, 0) is 11.2 Å². The summed E-state index contributed by atoms with van der Waals surface area (Å²) in [5, 5.41) is 0. The average Bonchev–Trinajstić information content (AvgIpc) is 2.19. The van der Waals surface area contributed by atoms with E-state index in [2.05, 4.69) is 30.5 Å². The van der Waals surface area contributed by atoms with Crippen LogP contribution < -0.4 is 0 Å². The van der Waals surface area contributed by atoms with E-state index in [1.54, 1.807) is 11.8 Å². The molecule has 0 heterocycles. The number of aryl methyl sites for hydroxylation is 1. The number of carbonyl (C=O) groups is 1. The van der Waals surface area contributed by atoms with Gasteiger partial charge in [0.1, 0.15) is 6.29 Å². The molecule has 0 N–H and O–H groups in total. The Bertz CT molecular complexity index is 253. The van der Waals surface area contributed by atoms with Gasteiger partial charge in [0.2, 0.25) is 0 Å². The Balaban J connectivity index is 2.44. The first kappa shape index (κ1) is 10.3. The summed E-state index contributed by atoms with van der Waals surface area (Å²) >= 11 is 1.75. The Morgan fingerprint density at radius 3 is 2.54 bits per heavy atom. The number of rotatable bonds is 5. The van der Waals surface area contributed by atoms with Crippen molar-refractivity contribution in [1.82, 2.24) is 0 Å². The van der Waals surface area contributed by atoms with Crippen LogP contribution in [0.1, 0.15) is 18.4 Å². The largest absolute Gasteiger partial charge is 0.303 e. The first-order chi connectivity index (χ1) is 6.36. The molecule has 0 aliphatic rings. The van der Waals surface area contributed by atoms with Crippen molar-refractivity contribution < 1.29 is 4.79 Å². The van der Waals surface area contributed by atoms with Gasteiger partial charge < -0.3 is 4.79 Å². The Hall–Kier alpha value is -0.760. The summed E-state index contributed by atoms with van der Waals surface area (Å²) in [6.45, 7) is 0. The fourth-order valence-electron chi connectivity index (χ4n) is 1.18. The lowest BCUT2D eigenvalue weighted by molar-refractivity contribution is -0.107. The maximum Gasteiger partial charge on any atom is 0.120 e. The minimum Gasteiger partial charge on any atom is -0.303 e. The van der Waals surface area contributed by atoms with E-state index in [1.165, 1.54) is 10.5 Å². The van der Waals surface area contributed by atoms with Crippen LogP contribution in [0.25, 0.3) is 0 Å². The van der Waals surface area contributed by atoms with Gasteiger partial charge in [0.15, 0.2) is 0 Å². The average molecular weight is 194 g/mol. The van der Waals surface area contributed by atoms with Crippen LogP contribution in [0, 0.1) is 0 Å². The topological polar surface area (TPSA) is 17.1 Å². The van der Waals surface area contributed by atoms with Gasteiger partial charge in [0, 0.05) is 11.3 Å². The van der Waals surface area contributed by atoms with Gasteiger partial charge in [0.25, 0.3) is 0 Å². The zero-order valence-corrected chi connectivity index (χ0v) is 8.64. The van der Waals surface area contributed by atoms with Gasteiger partial charge in [-0.1, -0.05) is 12.1 Å². The summed E-state index contributed by atoms with van der Waals surface area (Å²) in [7, 11) is 0. The summed E-state index contributed by atoms with van der Waals surface area (Å²) < 4.78 is 0. The van der Waals surface area contributed by atoms with E-state index in [0.717, 1.165) is 19.1 Å². The molecule has 0 aliphatic carbocycles. The van der Waals surface area contributed by atoms with Crippen molar-refractivity contribution in [3.63, 3.8) is 0 Å². The molecular formula is C11H14OS. The third kappa shape index (κ3) is 3.64. The highest BCUT2D eigenvalue weighted by Crippen LogP contribution is 2.15. The van der Waals surface area contributed by atoms with E-state index >= 15 is 0 Å². The highest BCUT2D eigenvalue weighted by atomic mass is 32.2. The van der Waals surface area contributed by atoms with Gasteiger partial charge in [-0.25, -0.2) is 0 Å². The maximum absolute atomic E-state index is 10.1. The third-order valence-electron chi connectivity index (χ3n) is 1.95. The van der Waals surface area contributed by atoms with E-state index in [4.69, 9.17) is 0 Å². The molecular weight excluding hydrogens is 180 g/mol. The molecule has 0 saturated heterocycles. The normalized spacial score (nSPS) is 9.92. The lowest BCUT2D eigenvalue weighted by Gasteiger charge is -2.00. The van der Waals surface area contributed by atoms with Crippen LogP contribution in [0.5, 0.6) is 0 Å². The standard InChI is InChI=1S/C11H14OS/c1-13-11-7-5-10(6-8-11)4-2-3-9-12/h5-9H,2-4H2,1H3. The molecule has 0 aliphatic heterocycles. The quantitative estimate of drug-likeness (QED) is 0.407. The first-order valence-corrected chi connectivity index (χ1v) is 5.66. The summed E-state index contributed by atoms with van der Waals surface area (Å²) in [5.41, 5.74) is 1.32. The van der Waals surface area contributed by atoms with Crippen LogP contribution in [-0.4, -0.2) is 12.5 Å². The Morgan fingerprint density at radius 2 is 2.00 bits per heavy atom. The summed E-state index contributed by atoms with van der Waals surface area (Å²) in [4.78, 5) is 11.4. The highest BCUT2D eigenvalue weighted by Gasteiger charge is 1.93. The van der Waals surface area contributed by atoms with Gasteiger partial charge in [-0.05, 0) is 36.8 Å². The molecule has 0 spiro atoms. The third-order valence-corrected chi connectivity index (χ3v) is 2.69. The number of unbranched alkanes of at least 4 members (excludes halogenated alkanes) is 1. The monoisotopic (exact) mass is 194 g/mol. The molecule has 1 rings (SSSR count). The second-order valence-electron chi connectivity index (χ2n) is 2.91. The molecule has 1 aromatic carbocycles. The minimum absolute atomic E-state index is 0.671. The maximum atomic E-state index is 10.1. The minimum atomic E-state index is 0.671. The first-order valence-electron chi connectivity index (χ1n) is 4.43. The smallest absolute Gasteiger partial charge is 0.120 e. The van der Waals surface area contributed by atoms with Crippen LogP contribution in [0.3, 0.4) is 0 Å². The number of benzene rings is 1. The molecule has 0 amide bonds. The second kappa shape index (κ2) is 5.81. The lowest BCUT2D eigenvalue weighted by Crippen LogP contribution is -1.85. The van der Waals surface area contributed by atoms with Gasteiger partial charge in [-0.15, -0.1) is 11.8 Å². The zero-order valence-electron chi connectivity index (χ0n) is 7.82. The molecule has 1 nitrogen and oxygen atoms in total. The predicted molar refractivity (Wildman–Crippen MR) is 57.2 cm³/mol. The summed E-state index contributed by atoms with van der Waals surface area (Å²) in [5.74, 6) is 0. The highest BCUT2D eigenvalue weighted by molar-refractivity contribution is 7.98. The SMILES string of the molecule is CSc1ccc(CCCC=O)cc1. The fourth-order valence-corrected chi connectivity index (χ4v) is 1.59. The van der Waals surface area contributed by atoms with Gasteiger partial charge >= 0.3 is 0 Å². The molecule has 2 heteroatoms. The number of hydrogen-bond acceptors (Lipinski definition) is 2. The van der Waals surface area contributed by atoms with Crippen LogP contribution in [0.15, 0.2) is 29.2 Å². The second-order valence-corrected chi connectivity index (χ2v) is 3.79. The van der Waals surface area contributed by atoms with Gasteiger partial charge in [-0.2, -0.15) is 0 Å². The van der Waals surface area contributed by atoms with E-state index in [0.29, 0.717) is 6.42 Å². The van der Waals surface area contributed by atoms with Crippen LogP contribution >= 0.6 is 11.8 Å². The Morgan fingerprint density at radius 1 is 1.31 bits per heavy atom. The van der Waals surface area contributed by atoms with Crippen molar-refractivity contribution in [1.29, 1.82) is 0 Å². The van der Waals surface area contributed by atoms with Crippen molar-refractivity contribution in [3.8, 4) is 0 Å². The predicted octanol–water partition coefficient (Wildman–Crippen LogP) is 2.93. The van der Waals surface area contributed by atoms with E-state index in [1.807, 2.05) is 0 Å². The van der Waals surface area contributed by atoms with Crippen LogP contribution in [0.2, 0.25) is 0 Å². The number of hydrogen-bond donors (Lipinski definition) is 0. The van der Waals surface area contributed by atoms with Gasteiger partial charge in [-0.3, -0.25) is 0 Å². The molecule has 13 heavy (non-hydrogen) atoms.